The lowest BCUT2D eigenvalue weighted by Crippen LogP contribution is -2.56. The molecule has 5 rings (SSSR count). The van der Waals surface area contributed by atoms with Crippen LogP contribution in [0.2, 0.25) is 15.1 Å². The predicted octanol–water partition coefficient (Wildman–Crippen LogP) is 5.31. The molecule has 1 saturated heterocycles. The number of Topliss-reactive ketones (excluding diaryl/α,β-unsaturated/α-hetero) is 1. The summed E-state index contributed by atoms with van der Waals surface area (Å²) >= 11 is 18.1. The maximum Gasteiger partial charge on any atom is 0.273 e. The summed E-state index contributed by atoms with van der Waals surface area (Å²) in [7, 11) is 0. The Hall–Kier alpha value is -2.41. The van der Waals surface area contributed by atoms with Crippen molar-refractivity contribution in [2.45, 2.75) is 32.2 Å². The molecule has 3 amide bonds. The number of carbonyl (C=O) groups is 4. The number of hydrogen-bond donors (Lipinski definition) is 0. The number of fused-ring (bicyclic) bond motifs is 5. The Morgan fingerprint density at radius 2 is 1.44 bits per heavy atom. The molecule has 0 N–H and O–H groups in total. The molecule has 2 aliphatic carbocycles. The molecule has 3 fully saturated rings. The van der Waals surface area contributed by atoms with E-state index in [1.165, 1.54) is 25.1 Å². The topological polar surface area (TPSA) is 74.8 Å². The minimum atomic E-state index is -1.13. The Balaban J connectivity index is 1.55. The number of hydrogen-bond acceptors (Lipinski definition) is 4. The summed E-state index contributed by atoms with van der Waals surface area (Å²) in [5.41, 5.74) is 0.425. The fourth-order valence-corrected chi connectivity index (χ4v) is 6.20. The zero-order valence-electron chi connectivity index (χ0n) is 18.2. The van der Waals surface area contributed by atoms with Crippen LogP contribution in [0, 0.1) is 23.7 Å². The van der Waals surface area contributed by atoms with Crippen molar-refractivity contribution >= 4 is 58.3 Å². The van der Waals surface area contributed by atoms with Gasteiger partial charge in [-0.2, -0.15) is 5.01 Å². The zero-order chi connectivity index (χ0) is 24.3. The fraction of sp³-hybridized carbons (Fsp3) is 0.360. The highest BCUT2D eigenvalue weighted by atomic mass is 35.5. The van der Waals surface area contributed by atoms with Crippen molar-refractivity contribution in [3.05, 3.63) is 68.7 Å². The third kappa shape index (κ3) is 3.63. The van der Waals surface area contributed by atoms with E-state index in [4.69, 9.17) is 34.8 Å². The maximum absolute atomic E-state index is 13.7. The molecule has 1 heterocycles. The Kier molecular flexibility index (Phi) is 5.95. The Morgan fingerprint density at radius 3 is 2.00 bits per heavy atom. The summed E-state index contributed by atoms with van der Waals surface area (Å²) in [6.07, 6.45) is 2.66. The molecule has 0 spiro atoms. The van der Waals surface area contributed by atoms with Crippen LogP contribution in [0.3, 0.4) is 0 Å². The minimum absolute atomic E-state index is 0.116. The molecular weight excluding hydrogens is 499 g/mol. The summed E-state index contributed by atoms with van der Waals surface area (Å²) in [6.45, 7) is 1.51. The number of benzene rings is 2. The van der Waals surface area contributed by atoms with Gasteiger partial charge >= 0.3 is 0 Å². The van der Waals surface area contributed by atoms with Gasteiger partial charge in [-0.25, -0.2) is 5.01 Å². The molecule has 176 valence electrons. The molecular formula is C25H21Cl3N2O4. The number of hydrazine groups is 1. The van der Waals surface area contributed by atoms with Crippen molar-refractivity contribution in [1.29, 1.82) is 0 Å². The number of ketones is 1. The van der Waals surface area contributed by atoms with E-state index in [-0.39, 0.29) is 27.4 Å². The molecule has 5 atom stereocenters. The van der Waals surface area contributed by atoms with Crippen molar-refractivity contribution in [2.24, 2.45) is 23.7 Å². The van der Waals surface area contributed by atoms with E-state index < -0.39 is 41.4 Å². The maximum atomic E-state index is 13.7. The number of amides is 3. The third-order valence-corrected chi connectivity index (χ3v) is 8.36. The molecule has 6 nitrogen and oxygen atoms in total. The van der Waals surface area contributed by atoms with E-state index in [0.29, 0.717) is 10.6 Å². The van der Waals surface area contributed by atoms with Crippen LogP contribution in [0.15, 0.2) is 42.5 Å². The van der Waals surface area contributed by atoms with Gasteiger partial charge in [0.1, 0.15) is 6.04 Å². The molecule has 0 aromatic heterocycles. The third-order valence-electron chi connectivity index (χ3n) is 7.37. The summed E-state index contributed by atoms with van der Waals surface area (Å²) < 4.78 is 0. The summed E-state index contributed by atoms with van der Waals surface area (Å²) in [6, 6.07) is 9.39. The van der Waals surface area contributed by atoms with Gasteiger partial charge in [0.2, 0.25) is 0 Å². The number of imide groups is 1. The molecule has 2 bridgehead atoms. The van der Waals surface area contributed by atoms with Gasteiger partial charge in [-0.1, -0.05) is 34.8 Å². The minimum Gasteiger partial charge on any atom is -0.292 e. The number of nitrogens with zero attached hydrogens (tertiary/aromatic N) is 2. The summed E-state index contributed by atoms with van der Waals surface area (Å²) in [5, 5.41) is 2.79. The quantitative estimate of drug-likeness (QED) is 0.396. The Bertz CT molecular complexity index is 1190. The zero-order valence-corrected chi connectivity index (χ0v) is 20.5. The van der Waals surface area contributed by atoms with Crippen molar-refractivity contribution in [1.82, 2.24) is 10.0 Å². The fourth-order valence-electron chi connectivity index (χ4n) is 5.77. The average molecular weight is 520 g/mol. The average Bonchev–Trinajstić information content (AvgIpc) is 3.51. The molecule has 0 radical (unpaired) electrons. The normalized spacial score (nSPS) is 26.1. The van der Waals surface area contributed by atoms with E-state index in [1.807, 2.05) is 0 Å². The number of rotatable bonds is 5. The number of halogens is 3. The van der Waals surface area contributed by atoms with Crippen LogP contribution in [0.1, 0.15) is 46.9 Å². The van der Waals surface area contributed by atoms with Crippen LogP contribution in [0.4, 0.5) is 0 Å². The first-order valence-corrected chi connectivity index (χ1v) is 12.3. The first kappa shape index (κ1) is 23.3. The van der Waals surface area contributed by atoms with Crippen LogP contribution >= 0.6 is 34.8 Å². The van der Waals surface area contributed by atoms with Crippen LogP contribution in [-0.4, -0.2) is 39.6 Å². The Labute approximate surface area is 211 Å². The van der Waals surface area contributed by atoms with Crippen LogP contribution in [0.5, 0.6) is 0 Å². The van der Waals surface area contributed by atoms with E-state index >= 15 is 0 Å². The second-order valence-corrected chi connectivity index (χ2v) is 10.4. The first-order valence-electron chi connectivity index (χ1n) is 11.1. The van der Waals surface area contributed by atoms with Crippen molar-refractivity contribution in [3.8, 4) is 0 Å². The molecule has 0 unspecified atom stereocenters. The SMILES string of the molecule is C[C@H](C(=O)c1ccc(Cl)cc1)N(C(=O)c1ccc(Cl)c(Cl)c1)N1C(=O)[C@H]2[C@H]3CC[C@@H](C3)[C@@H]2C1=O. The summed E-state index contributed by atoms with van der Waals surface area (Å²) in [4.78, 5) is 54.2. The lowest BCUT2D eigenvalue weighted by molar-refractivity contribution is -0.157. The van der Waals surface area contributed by atoms with Crippen molar-refractivity contribution in [2.75, 3.05) is 0 Å². The monoisotopic (exact) mass is 518 g/mol. The lowest BCUT2D eigenvalue weighted by Gasteiger charge is -2.35. The molecule has 3 aliphatic rings. The molecule has 2 saturated carbocycles. The smallest absolute Gasteiger partial charge is 0.273 e. The molecule has 2 aromatic rings. The largest absolute Gasteiger partial charge is 0.292 e. The van der Waals surface area contributed by atoms with E-state index in [0.717, 1.165) is 29.3 Å². The second kappa shape index (κ2) is 8.67. The standard InChI is InChI=1S/C25H21Cl3N2O4/c1-12(22(31)13-4-7-17(26)8-5-13)29(23(32)16-6-9-18(27)19(28)11-16)30-24(33)20-14-2-3-15(10-14)21(20)25(30)34/h4-9,11-12,14-15,20-21H,2-3,10H2,1H3/t12-,14+,15+,20+,21+/m1/s1. The van der Waals surface area contributed by atoms with E-state index in [2.05, 4.69) is 0 Å². The van der Waals surface area contributed by atoms with Crippen LogP contribution in [-0.2, 0) is 9.59 Å². The van der Waals surface area contributed by atoms with Crippen LogP contribution in [0.25, 0.3) is 0 Å². The Morgan fingerprint density at radius 1 is 0.882 bits per heavy atom. The molecule has 2 aromatic carbocycles. The highest BCUT2D eigenvalue weighted by molar-refractivity contribution is 6.42. The molecule has 1 aliphatic heterocycles. The van der Waals surface area contributed by atoms with Crippen molar-refractivity contribution in [3.63, 3.8) is 0 Å². The van der Waals surface area contributed by atoms with Gasteiger partial charge in [0.25, 0.3) is 17.7 Å². The highest BCUT2D eigenvalue weighted by Crippen LogP contribution is 2.56. The van der Waals surface area contributed by atoms with E-state index in [9.17, 15) is 19.2 Å². The predicted molar refractivity (Wildman–Crippen MR) is 128 cm³/mol. The van der Waals surface area contributed by atoms with Gasteiger partial charge in [-0.15, -0.1) is 0 Å². The lowest BCUT2D eigenvalue weighted by atomic mass is 9.81. The molecule has 9 heteroatoms. The van der Waals surface area contributed by atoms with Gasteiger partial charge in [-0.05, 0) is 80.5 Å². The highest BCUT2D eigenvalue weighted by Gasteiger charge is 2.63. The second-order valence-electron chi connectivity index (χ2n) is 9.20. The van der Waals surface area contributed by atoms with Gasteiger partial charge in [0, 0.05) is 16.1 Å². The van der Waals surface area contributed by atoms with Gasteiger partial charge in [0.05, 0.1) is 21.9 Å². The first-order chi connectivity index (χ1) is 16.2. The van der Waals surface area contributed by atoms with E-state index in [1.54, 1.807) is 24.3 Å². The number of carbonyl (C=O) groups excluding carboxylic acids is 4. The molecule has 34 heavy (non-hydrogen) atoms. The van der Waals surface area contributed by atoms with Gasteiger partial charge in [-0.3, -0.25) is 19.2 Å². The van der Waals surface area contributed by atoms with Crippen LogP contribution < -0.4 is 0 Å². The summed E-state index contributed by atoms with van der Waals surface area (Å²) in [5.74, 6) is -2.52. The van der Waals surface area contributed by atoms with Crippen molar-refractivity contribution < 1.29 is 19.2 Å². The van der Waals surface area contributed by atoms with Gasteiger partial charge < -0.3 is 0 Å². The van der Waals surface area contributed by atoms with Gasteiger partial charge in [0.15, 0.2) is 5.78 Å².